The van der Waals surface area contributed by atoms with Crippen molar-refractivity contribution in [3.63, 3.8) is 0 Å². The van der Waals surface area contributed by atoms with Crippen LogP contribution in [0.5, 0.6) is 0 Å². The number of rotatable bonds is 3. The molecule has 0 saturated carbocycles. The van der Waals surface area contributed by atoms with Crippen LogP contribution in [0.1, 0.15) is 5.56 Å². The average molecular weight is 357 g/mol. The van der Waals surface area contributed by atoms with E-state index in [9.17, 15) is 22.8 Å². The maximum atomic E-state index is 13.3. The Morgan fingerprint density at radius 3 is 2.62 bits per heavy atom. The van der Waals surface area contributed by atoms with Gasteiger partial charge in [0.05, 0.1) is 22.2 Å². The van der Waals surface area contributed by atoms with Gasteiger partial charge in [-0.25, -0.2) is 4.79 Å². The summed E-state index contributed by atoms with van der Waals surface area (Å²) in [5, 5.41) is 6.03. The molecular formula is C13H10F3N5O2S. The maximum absolute atomic E-state index is 13.3. The van der Waals surface area contributed by atoms with E-state index < -0.39 is 23.0 Å². The number of hydrogen-bond acceptors (Lipinski definition) is 5. The van der Waals surface area contributed by atoms with Crippen LogP contribution in [-0.2, 0) is 6.18 Å². The van der Waals surface area contributed by atoms with Crippen LogP contribution in [0.4, 0.5) is 13.2 Å². The summed E-state index contributed by atoms with van der Waals surface area (Å²) in [7, 11) is 0. The number of hydrogen-bond donors (Lipinski definition) is 3. The molecular weight excluding hydrogens is 347 g/mol. The Bertz CT molecular complexity index is 1010. The molecule has 0 bridgehead atoms. The van der Waals surface area contributed by atoms with E-state index >= 15 is 0 Å². The Hall–Kier alpha value is -2.69. The molecule has 11 heteroatoms. The van der Waals surface area contributed by atoms with Crippen molar-refractivity contribution in [1.29, 1.82) is 0 Å². The molecule has 0 unspecified atom stereocenters. The summed E-state index contributed by atoms with van der Waals surface area (Å²) < 4.78 is 40.7. The number of fused-ring (bicyclic) bond motifs is 1. The summed E-state index contributed by atoms with van der Waals surface area (Å²) in [5.74, 6) is 0. The van der Waals surface area contributed by atoms with E-state index in [1.165, 1.54) is 12.3 Å². The first-order valence-electron chi connectivity index (χ1n) is 6.52. The highest BCUT2D eigenvalue weighted by atomic mass is 32.2. The lowest BCUT2D eigenvalue weighted by Crippen LogP contribution is -2.39. The lowest BCUT2D eigenvalue weighted by Gasteiger charge is -2.14. The summed E-state index contributed by atoms with van der Waals surface area (Å²) in [6.45, 7) is 0. The van der Waals surface area contributed by atoms with Crippen LogP contribution in [0.3, 0.4) is 0 Å². The summed E-state index contributed by atoms with van der Waals surface area (Å²) in [6, 6.07) is 3.20. The molecule has 3 rings (SSSR count). The average Bonchev–Trinajstić information content (AvgIpc) is 3.04. The van der Waals surface area contributed by atoms with Crippen molar-refractivity contribution >= 4 is 22.9 Å². The molecule has 0 aliphatic carbocycles. The Kier molecular flexibility index (Phi) is 3.87. The van der Waals surface area contributed by atoms with E-state index in [1.54, 1.807) is 6.26 Å². The quantitative estimate of drug-likeness (QED) is 0.623. The lowest BCUT2D eigenvalue weighted by molar-refractivity contribution is -0.137. The molecule has 0 aliphatic rings. The third-order valence-corrected chi connectivity index (χ3v) is 3.68. The lowest BCUT2D eigenvalue weighted by atomic mass is 10.0. The van der Waals surface area contributed by atoms with Crippen LogP contribution in [0.25, 0.3) is 22.2 Å². The number of aromatic nitrogens is 4. The number of alkyl halides is 3. The number of nitrogens with zero attached hydrogens (tertiary/aromatic N) is 2. The third-order valence-electron chi connectivity index (χ3n) is 3.31. The topological polar surface area (TPSA) is 95.6 Å². The SMILES string of the molecule is CSNn1c(=O)[nH]c2cc(C(F)(F)F)c(-c3ccn[nH]3)cc2c1=O. The predicted octanol–water partition coefficient (Wildman–Crippen LogP) is 1.92. The van der Waals surface area contributed by atoms with Gasteiger partial charge in [-0.05, 0) is 30.1 Å². The second-order valence-corrected chi connectivity index (χ2v) is 5.37. The standard InChI is InChI=1S/C13H10F3N5O2S/c1-24-20-21-11(22)7-4-6(9-2-3-17-19-9)8(13(14,15)16)5-10(7)18-12(21)23/h2-5,20H,1H3,(H,17,19)(H,18,23). The Balaban J connectivity index is 2.41. The first-order valence-corrected chi connectivity index (χ1v) is 7.74. The molecule has 0 fully saturated rings. The molecule has 24 heavy (non-hydrogen) atoms. The normalized spacial score (nSPS) is 11.8. The molecule has 0 aliphatic heterocycles. The molecule has 3 N–H and O–H groups in total. The molecule has 7 nitrogen and oxygen atoms in total. The minimum Gasteiger partial charge on any atom is -0.305 e. The summed E-state index contributed by atoms with van der Waals surface area (Å²) in [4.78, 5) is 29.0. The zero-order valence-electron chi connectivity index (χ0n) is 12.1. The van der Waals surface area contributed by atoms with Crippen LogP contribution < -0.4 is 16.1 Å². The molecule has 3 aromatic rings. The van der Waals surface area contributed by atoms with Gasteiger partial charge in [-0.1, -0.05) is 0 Å². The van der Waals surface area contributed by atoms with E-state index in [0.717, 1.165) is 24.1 Å². The number of halogens is 3. The Morgan fingerprint density at radius 2 is 2.04 bits per heavy atom. The van der Waals surface area contributed by atoms with Gasteiger partial charge in [0.2, 0.25) is 0 Å². The number of H-pyrrole nitrogens is 2. The van der Waals surface area contributed by atoms with Gasteiger partial charge in [0, 0.05) is 18.0 Å². The highest BCUT2D eigenvalue weighted by molar-refractivity contribution is 7.99. The van der Waals surface area contributed by atoms with Gasteiger partial charge in [-0.2, -0.15) is 22.9 Å². The largest absolute Gasteiger partial charge is 0.417 e. The second-order valence-electron chi connectivity index (χ2n) is 4.78. The number of benzene rings is 1. The van der Waals surface area contributed by atoms with E-state index in [0.29, 0.717) is 4.68 Å². The fourth-order valence-electron chi connectivity index (χ4n) is 2.30. The number of aromatic amines is 2. The van der Waals surface area contributed by atoms with Crippen molar-refractivity contribution in [2.75, 3.05) is 11.1 Å². The van der Waals surface area contributed by atoms with Crippen molar-refractivity contribution in [3.05, 3.63) is 50.8 Å². The Labute approximate surface area is 136 Å². The van der Waals surface area contributed by atoms with Crippen molar-refractivity contribution < 1.29 is 13.2 Å². The third kappa shape index (κ3) is 2.66. The van der Waals surface area contributed by atoms with E-state index in [1.807, 2.05) is 0 Å². The predicted molar refractivity (Wildman–Crippen MR) is 84.3 cm³/mol. The summed E-state index contributed by atoms with van der Waals surface area (Å²) in [5.41, 5.74) is -2.90. The molecule has 1 aromatic carbocycles. The first-order chi connectivity index (χ1) is 11.3. The van der Waals surface area contributed by atoms with Crippen molar-refractivity contribution in [1.82, 2.24) is 19.9 Å². The molecule has 0 radical (unpaired) electrons. The Morgan fingerprint density at radius 1 is 1.29 bits per heavy atom. The van der Waals surface area contributed by atoms with Gasteiger partial charge in [0.25, 0.3) is 5.56 Å². The van der Waals surface area contributed by atoms with Crippen LogP contribution in [-0.4, -0.2) is 26.1 Å². The highest BCUT2D eigenvalue weighted by Crippen LogP contribution is 2.37. The summed E-state index contributed by atoms with van der Waals surface area (Å²) >= 11 is 0.998. The van der Waals surface area contributed by atoms with E-state index in [-0.39, 0.29) is 22.2 Å². The first kappa shape index (κ1) is 16.2. The number of nitrogens with one attached hydrogen (secondary N) is 3. The smallest absolute Gasteiger partial charge is 0.305 e. The van der Waals surface area contributed by atoms with Crippen molar-refractivity contribution in [2.24, 2.45) is 0 Å². The molecule has 2 aromatic heterocycles. The fourth-order valence-corrected chi connectivity index (χ4v) is 2.65. The van der Waals surface area contributed by atoms with Crippen molar-refractivity contribution in [2.45, 2.75) is 6.18 Å². The van der Waals surface area contributed by atoms with Gasteiger partial charge in [-0.15, -0.1) is 0 Å². The van der Waals surface area contributed by atoms with Gasteiger partial charge in [-0.3, -0.25) is 14.7 Å². The highest BCUT2D eigenvalue weighted by Gasteiger charge is 2.35. The van der Waals surface area contributed by atoms with Crippen LogP contribution in [0.2, 0.25) is 0 Å². The van der Waals surface area contributed by atoms with E-state index in [4.69, 9.17) is 0 Å². The van der Waals surface area contributed by atoms with Gasteiger partial charge < -0.3 is 4.98 Å². The van der Waals surface area contributed by atoms with Crippen LogP contribution in [0, 0.1) is 0 Å². The minimum absolute atomic E-state index is 0.0613. The second kappa shape index (κ2) is 5.74. The molecule has 0 spiro atoms. The molecule has 0 atom stereocenters. The maximum Gasteiger partial charge on any atom is 0.417 e. The van der Waals surface area contributed by atoms with Gasteiger partial charge in [0.1, 0.15) is 0 Å². The zero-order valence-corrected chi connectivity index (χ0v) is 12.9. The fraction of sp³-hybridized carbons (Fsp3) is 0.154. The molecule has 126 valence electrons. The molecule has 0 saturated heterocycles. The van der Waals surface area contributed by atoms with Crippen molar-refractivity contribution in [3.8, 4) is 11.3 Å². The monoisotopic (exact) mass is 357 g/mol. The van der Waals surface area contributed by atoms with Crippen LogP contribution >= 0.6 is 11.9 Å². The molecule has 2 heterocycles. The van der Waals surface area contributed by atoms with Gasteiger partial charge in [0.15, 0.2) is 0 Å². The summed E-state index contributed by atoms with van der Waals surface area (Å²) in [6.07, 6.45) is -1.77. The van der Waals surface area contributed by atoms with E-state index in [2.05, 4.69) is 20.0 Å². The zero-order chi connectivity index (χ0) is 17.5. The minimum atomic E-state index is -4.67. The molecule has 0 amide bonds. The van der Waals surface area contributed by atoms with Crippen LogP contribution in [0.15, 0.2) is 34.0 Å². The van der Waals surface area contributed by atoms with Gasteiger partial charge >= 0.3 is 11.9 Å².